The lowest BCUT2D eigenvalue weighted by Gasteiger charge is -2.10. The van der Waals surface area contributed by atoms with E-state index in [1.165, 1.54) is 0 Å². The van der Waals surface area contributed by atoms with Crippen LogP contribution in [0.1, 0.15) is 24.5 Å². The fraction of sp³-hybridized carbons (Fsp3) is 0.308. The van der Waals surface area contributed by atoms with Crippen molar-refractivity contribution in [3.05, 3.63) is 35.3 Å². The van der Waals surface area contributed by atoms with Crippen molar-refractivity contribution < 1.29 is 13.2 Å². The van der Waals surface area contributed by atoms with Crippen LogP contribution >= 0.6 is 0 Å². The first kappa shape index (κ1) is 11.3. The Morgan fingerprint density at radius 3 is 2.50 bits per heavy atom. The molecule has 1 saturated carbocycles. The number of hydrogen-bond acceptors (Lipinski definition) is 2. The standard InChI is InChI=1S/C13H11F3N2/c1-17-10-5-9(6-2-3-6)18-13-8(15)4-7(14)12(16)11(10)13/h4-6H,2-3H2,1H3,(H,17,18). The quantitative estimate of drug-likeness (QED) is 0.826. The highest BCUT2D eigenvalue weighted by Gasteiger charge is 2.27. The Bertz CT molecular complexity index is 636. The molecule has 2 aromatic rings. The third kappa shape index (κ3) is 1.62. The molecule has 1 aliphatic rings. The average molecular weight is 252 g/mol. The van der Waals surface area contributed by atoms with Gasteiger partial charge in [0.2, 0.25) is 0 Å². The number of aromatic nitrogens is 1. The number of anilines is 1. The van der Waals surface area contributed by atoms with E-state index in [1.807, 2.05) is 0 Å². The van der Waals surface area contributed by atoms with Gasteiger partial charge in [-0.1, -0.05) is 0 Å². The Kier molecular flexibility index (Phi) is 2.43. The molecular formula is C13H11F3N2. The van der Waals surface area contributed by atoms with Crippen molar-refractivity contribution in [3.8, 4) is 0 Å². The lowest BCUT2D eigenvalue weighted by molar-refractivity contribution is 0.505. The first-order valence-electron chi connectivity index (χ1n) is 5.77. The van der Waals surface area contributed by atoms with Crippen molar-refractivity contribution in [2.24, 2.45) is 0 Å². The van der Waals surface area contributed by atoms with E-state index in [0.29, 0.717) is 17.7 Å². The van der Waals surface area contributed by atoms with Crippen LogP contribution in [-0.2, 0) is 0 Å². The van der Waals surface area contributed by atoms with Gasteiger partial charge in [0.1, 0.15) is 5.52 Å². The van der Waals surface area contributed by atoms with Gasteiger partial charge in [-0.15, -0.1) is 0 Å². The lowest BCUT2D eigenvalue weighted by Crippen LogP contribution is -2.01. The molecule has 0 bridgehead atoms. The summed E-state index contributed by atoms with van der Waals surface area (Å²) < 4.78 is 40.7. The first-order valence-corrected chi connectivity index (χ1v) is 5.77. The third-order valence-electron chi connectivity index (χ3n) is 3.21. The van der Waals surface area contributed by atoms with Crippen molar-refractivity contribution in [1.29, 1.82) is 0 Å². The van der Waals surface area contributed by atoms with Gasteiger partial charge < -0.3 is 5.32 Å². The molecule has 1 fully saturated rings. The van der Waals surface area contributed by atoms with E-state index in [-0.39, 0.29) is 10.9 Å². The Balaban J connectivity index is 2.38. The van der Waals surface area contributed by atoms with Gasteiger partial charge >= 0.3 is 0 Å². The van der Waals surface area contributed by atoms with E-state index in [2.05, 4.69) is 10.3 Å². The highest BCUT2D eigenvalue weighted by molar-refractivity contribution is 5.92. The van der Waals surface area contributed by atoms with Crippen LogP contribution in [0.3, 0.4) is 0 Å². The molecule has 5 heteroatoms. The van der Waals surface area contributed by atoms with Crippen molar-refractivity contribution in [2.75, 3.05) is 12.4 Å². The molecule has 0 saturated heterocycles. The van der Waals surface area contributed by atoms with Crippen LogP contribution in [0.4, 0.5) is 18.9 Å². The Morgan fingerprint density at radius 2 is 1.89 bits per heavy atom. The predicted molar refractivity (Wildman–Crippen MR) is 63.1 cm³/mol. The second-order valence-electron chi connectivity index (χ2n) is 4.50. The third-order valence-corrected chi connectivity index (χ3v) is 3.21. The molecule has 0 amide bonds. The number of benzene rings is 1. The van der Waals surface area contributed by atoms with E-state index in [9.17, 15) is 13.2 Å². The van der Waals surface area contributed by atoms with Crippen molar-refractivity contribution in [3.63, 3.8) is 0 Å². The molecule has 1 heterocycles. The highest BCUT2D eigenvalue weighted by atomic mass is 19.2. The zero-order valence-corrected chi connectivity index (χ0v) is 9.73. The summed E-state index contributed by atoms with van der Waals surface area (Å²) in [5, 5.41) is 2.65. The molecule has 0 radical (unpaired) electrons. The summed E-state index contributed by atoms with van der Waals surface area (Å²) in [5.41, 5.74) is 0.997. The van der Waals surface area contributed by atoms with Gasteiger partial charge in [-0.3, -0.25) is 0 Å². The predicted octanol–water partition coefficient (Wildman–Crippen LogP) is 3.57. The SMILES string of the molecule is CNc1cc(C2CC2)nc2c(F)cc(F)c(F)c12. The normalized spacial score (nSPS) is 15.1. The topological polar surface area (TPSA) is 24.9 Å². The van der Waals surface area contributed by atoms with Gasteiger partial charge in [0, 0.05) is 30.4 Å². The molecule has 0 aliphatic heterocycles. The van der Waals surface area contributed by atoms with Crippen LogP contribution < -0.4 is 5.32 Å². The minimum absolute atomic E-state index is 0.109. The van der Waals surface area contributed by atoms with Crippen LogP contribution in [-0.4, -0.2) is 12.0 Å². The molecule has 1 N–H and O–H groups in total. The fourth-order valence-corrected chi connectivity index (χ4v) is 2.11. The maximum absolute atomic E-state index is 13.8. The Morgan fingerprint density at radius 1 is 1.17 bits per heavy atom. The van der Waals surface area contributed by atoms with Crippen LogP contribution in [0.2, 0.25) is 0 Å². The van der Waals surface area contributed by atoms with Crippen LogP contribution in [0.25, 0.3) is 10.9 Å². The van der Waals surface area contributed by atoms with Crippen LogP contribution in [0, 0.1) is 17.5 Å². The summed E-state index contributed by atoms with van der Waals surface area (Å²) in [4.78, 5) is 4.13. The molecule has 1 aromatic carbocycles. The van der Waals surface area contributed by atoms with E-state index < -0.39 is 17.5 Å². The van der Waals surface area contributed by atoms with Gasteiger partial charge in [0.05, 0.1) is 5.39 Å². The molecule has 3 rings (SSSR count). The number of halogens is 3. The molecule has 94 valence electrons. The number of fused-ring (bicyclic) bond motifs is 1. The van der Waals surface area contributed by atoms with Gasteiger partial charge in [0.15, 0.2) is 17.5 Å². The molecule has 2 nitrogen and oxygen atoms in total. The summed E-state index contributed by atoms with van der Waals surface area (Å²) in [6.45, 7) is 0. The molecular weight excluding hydrogens is 241 g/mol. The molecule has 1 aromatic heterocycles. The van der Waals surface area contributed by atoms with Gasteiger partial charge in [-0.2, -0.15) is 0 Å². The summed E-state index contributed by atoms with van der Waals surface area (Å²) in [5.74, 6) is -2.78. The number of pyridine rings is 1. The fourth-order valence-electron chi connectivity index (χ4n) is 2.11. The minimum atomic E-state index is -1.20. The van der Waals surface area contributed by atoms with Gasteiger partial charge in [-0.05, 0) is 18.9 Å². The van der Waals surface area contributed by atoms with E-state index >= 15 is 0 Å². The number of rotatable bonds is 2. The maximum atomic E-state index is 13.8. The largest absolute Gasteiger partial charge is 0.387 e. The van der Waals surface area contributed by atoms with Crippen molar-refractivity contribution in [2.45, 2.75) is 18.8 Å². The summed E-state index contributed by atoms with van der Waals surface area (Å²) in [7, 11) is 1.59. The Hall–Kier alpha value is -1.78. The zero-order valence-electron chi connectivity index (χ0n) is 9.73. The first-order chi connectivity index (χ1) is 8.61. The monoisotopic (exact) mass is 252 g/mol. The highest BCUT2D eigenvalue weighted by Crippen LogP contribution is 2.41. The molecule has 1 aliphatic carbocycles. The molecule has 18 heavy (non-hydrogen) atoms. The van der Waals surface area contributed by atoms with Crippen LogP contribution in [0.15, 0.2) is 12.1 Å². The second-order valence-corrected chi connectivity index (χ2v) is 4.50. The molecule has 0 spiro atoms. The number of nitrogens with zero attached hydrogens (tertiary/aromatic N) is 1. The summed E-state index contributed by atoms with van der Waals surface area (Å²) in [6, 6.07) is 2.21. The van der Waals surface area contributed by atoms with Crippen LogP contribution in [0.5, 0.6) is 0 Å². The average Bonchev–Trinajstić information content (AvgIpc) is 3.18. The lowest BCUT2D eigenvalue weighted by atomic mass is 10.1. The van der Waals surface area contributed by atoms with Crippen molar-refractivity contribution in [1.82, 2.24) is 4.98 Å². The smallest absolute Gasteiger partial charge is 0.170 e. The van der Waals surface area contributed by atoms with Crippen molar-refractivity contribution >= 4 is 16.6 Å². The van der Waals surface area contributed by atoms with E-state index in [4.69, 9.17) is 0 Å². The molecule has 0 atom stereocenters. The Labute approximate surface area is 102 Å². The molecule has 0 unspecified atom stereocenters. The summed E-state index contributed by atoms with van der Waals surface area (Å²) >= 11 is 0. The van der Waals surface area contributed by atoms with E-state index in [0.717, 1.165) is 18.5 Å². The number of nitrogens with one attached hydrogen (secondary N) is 1. The van der Waals surface area contributed by atoms with Gasteiger partial charge in [-0.25, -0.2) is 18.2 Å². The van der Waals surface area contributed by atoms with Gasteiger partial charge in [0.25, 0.3) is 0 Å². The summed E-state index contributed by atoms with van der Waals surface area (Å²) in [6.07, 6.45) is 2.01. The van der Waals surface area contributed by atoms with E-state index in [1.54, 1.807) is 13.1 Å². The second kappa shape index (κ2) is 3.86. The number of hydrogen-bond donors (Lipinski definition) is 1. The minimum Gasteiger partial charge on any atom is -0.387 e. The zero-order chi connectivity index (χ0) is 12.9. The maximum Gasteiger partial charge on any atom is 0.170 e.